The number of fused-ring (bicyclic) bond motifs is 1. The molecule has 5 aromatic rings. The Bertz CT molecular complexity index is 1490. The Balaban J connectivity index is 1.57. The van der Waals surface area contributed by atoms with Crippen LogP contribution in [0.4, 0.5) is 16.0 Å². The van der Waals surface area contributed by atoms with Crippen molar-refractivity contribution >= 4 is 22.5 Å². The monoisotopic (exact) mass is 428 g/mol. The summed E-state index contributed by atoms with van der Waals surface area (Å²) >= 11 is 0. The van der Waals surface area contributed by atoms with E-state index in [0.29, 0.717) is 45.4 Å². The summed E-state index contributed by atoms with van der Waals surface area (Å²) in [4.78, 5) is 33.5. The smallest absolute Gasteiger partial charge is 0.273 e. The van der Waals surface area contributed by atoms with E-state index < -0.39 is 5.82 Å². The van der Waals surface area contributed by atoms with Gasteiger partial charge in [0.05, 0.1) is 29.0 Å². The van der Waals surface area contributed by atoms with E-state index in [2.05, 4.69) is 35.3 Å². The Kier molecular flexibility index (Phi) is 4.66. The molecular formula is C22H17FN8O. The van der Waals surface area contributed by atoms with E-state index in [4.69, 9.17) is 0 Å². The standard InChI is InChI=1S/C22H17FN8O/c1-12-6-20(28-13(2)27-12)29-19-8-18-17(11-24-19)22(32)30-31(18)16-5-3-4-14(7-16)21-25-9-15(23)10-26-21/h3-11H,1-2H3,(H,30,32)(H,24,27,28,29). The third-order valence-corrected chi connectivity index (χ3v) is 4.79. The largest absolute Gasteiger partial charge is 0.325 e. The van der Waals surface area contributed by atoms with E-state index in [1.165, 1.54) is 6.20 Å². The van der Waals surface area contributed by atoms with Crippen molar-refractivity contribution in [3.8, 4) is 17.1 Å². The predicted octanol–water partition coefficient (Wildman–Crippen LogP) is 3.46. The van der Waals surface area contributed by atoms with Crippen molar-refractivity contribution in [2.45, 2.75) is 13.8 Å². The van der Waals surface area contributed by atoms with Crippen LogP contribution in [0.3, 0.4) is 0 Å². The van der Waals surface area contributed by atoms with Gasteiger partial charge in [0.25, 0.3) is 5.56 Å². The van der Waals surface area contributed by atoms with E-state index in [1.54, 1.807) is 10.7 Å². The van der Waals surface area contributed by atoms with Gasteiger partial charge >= 0.3 is 0 Å². The number of hydrogen-bond acceptors (Lipinski definition) is 7. The zero-order valence-electron chi connectivity index (χ0n) is 17.2. The van der Waals surface area contributed by atoms with Gasteiger partial charge in [0.15, 0.2) is 11.6 Å². The van der Waals surface area contributed by atoms with Crippen molar-refractivity contribution in [2.24, 2.45) is 0 Å². The molecule has 1 aromatic carbocycles. The summed E-state index contributed by atoms with van der Waals surface area (Å²) in [5.74, 6) is 1.66. The van der Waals surface area contributed by atoms with E-state index in [0.717, 1.165) is 18.1 Å². The predicted molar refractivity (Wildman–Crippen MR) is 117 cm³/mol. The summed E-state index contributed by atoms with van der Waals surface area (Å²) in [6, 6.07) is 10.9. The minimum absolute atomic E-state index is 0.267. The fourth-order valence-corrected chi connectivity index (χ4v) is 3.46. The number of nitrogens with zero attached hydrogens (tertiary/aromatic N) is 6. The fraction of sp³-hybridized carbons (Fsp3) is 0.0909. The van der Waals surface area contributed by atoms with Gasteiger partial charge in [-0.15, -0.1) is 0 Å². The van der Waals surface area contributed by atoms with Crippen LogP contribution in [0.5, 0.6) is 0 Å². The highest BCUT2D eigenvalue weighted by molar-refractivity contribution is 5.82. The van der Waals surface area contributed by atoms with Gasteiger partial charge in [-0.05, 0) is 26.0 Å². The lowest BCUT2D eigenvalue weighted by Gasteiger charge is -2.09. The Labute approximate surface area is 181 Å². The number of aromatic nitrogens is 7. The summed E-state index contributed by atoms with van der Waals surface area (Å²) in [5.41, 5.74) is 2.57. The van der Waals surface area contributed by atoms with Crippen LogP contribution in [0.15, 0.2) is 59.8 Å². The number of rotatable bonds is 4. The molecule has 0 aliphatic rings. The number of pyridine rings is 1. The number of benzene rings is 1. The quantitative estimate of drug-likeness (QED) is 0.450. The molecule has 0 amide bonds. The van der Waals surface area contributed by atoms with Crippen LogP contribution in [-0.2, 0) is 0 Å². The van der Waals surface area contributed by atoms with Gasteiger partial charge in [0.2, 0.25) is 0 Å². The molecule has 10 heteroatoms. The third kappa shape index (κ3) is 3.69. The lowest BCUT2D eigenvalue weighted by atomic mass is 10.2. The van der Waals surface area contributed by atoms with Gasteiger partial charge in [0, 0.05) is 29.6 Å². The molecule has 0 saturated heterocycles. The molecule has 9 nitrogen and oxygen atoms in total. The average Bonchev–Trinajstić information content (AvgIpc) is 3.09. The van der Waals surface area contributed by atoms with Crippen molar-refractivity contribution in [2.75, 3.05) is 5.32 Å². The highest BCUT2D eigenvalue weighted by Gasteiger charge is 2.12. The minimum atomic E-state index is -0.507. The molecule has 158 valence electrons. The summed E-state index contributed by atoms with van der Waals surface area (Å²) in [6.45, 7) is 3.70. The second kappa shape index (κ2) is 7.65. The second-order valence-corrected chi connectivity index (χ2v) is 7.21. The molecule has 0 spiro atoms. The SMILES string of the molecule is Cc1cc(Nc2cc3c(cn2)c(=O)[nH]n3-c2cccc(-c3ncc(F)cn3)c2)nc(C)n1. The van der Waals surface area contributed by atoms with E-state index >= 15 is 0 Å². The minimum Gasteiger partial charge on any atom is -0.325 e. The first-order valence-electron chi connectivity index (χ1n) is 9.75. The van der Waals surface area contributed by atoms with E-state index in [9.17, 15) is 9.18 Å². The molecule has 4 heterocycles. The molecule has 0 aliphatic heterocycles. The van der Waals surface area contributed by atoms with E-state index in [-0.39, 0.29) is 5.56 Å². The molecule has 0 fully saturated rings. The first-order valence-corrected chi connectivity index (χ1v) is 9.75. The van der Waals surface area contributed by atoms with Gasteiger partial charge < -0.3 is 5.32 Å². The Morgan fingerprint density at radius 1 is 0.969 bits per heavy atom. The van der Waals surface area contributed by atoms with Crippen molar-refractivity contribution < 1.29 is 4.39 Å². The van der Waals surface area contributed by atoms with Gasteiger partial charge in [-0.1, -0.05) is 12.1 Å². The van der Waals surface area contributed by atoms with Crippen molar-refractivity contribution in [3.05, 3.63) is 82.7 Å². The molecular weight excluding hydrogens is 411 g/mol. The molecule has 5 rings (SSSR count). The first kappa shape index (κ1) is 19.5. The second-order valence-electron chi connectivity index (χ2n) is 7.21. The zero-order chi connectivity index (χ0) is 22.2. The van der Waals surface area contributed by atoms with Gasteiger partial charge in [-0.2, -0.15) is 0 Å². The van der Waals surface area contributed by atoms with Crippen LogP contribution in [0.2, 0.25) is 0 Å². The summed E-state index contributed by atoms with van der Waals surface area (Å²) in [7, 11) is 0. The third-order valence-electron chi connectivity index (χ3n) is 4.79. The van der Waals surface area contributed by atoms with Crippen molar-refractivity contribution in [3.63, 3.8) is 0 Å². The number of aryl methyl sites for hydroxylation is 2. The van der Waals surface area contributed by atoms with Crippen LogP contribution in [0, 0.1) is 19.7 Å². The number of hydrogen-bond donors (Lipinski definition) is 2. The van der Waals surface area contributed by atoms with E-state index in [1.807, 2.05) is 44.2 Å². The molecule has 0 atom stereocenters. The van der Waals surface area contributed by atoms with Crippen molar-refractivity contribution in [1.82, 2.24) is 34.7 Å². The molecule has 0 unspecified atom stereocenters. The number of anilines is 2. The lowest BCUT2D eigenvalue weighted by molar-refractivity contribution is 0.614. The molecule has 0 radical (unpaired) electrons. The lowest BCUT2D eigenvalue weighted by Crippen LogP contribution is -2.04. The van der Waals surface area contributed by atoms with Crippen LogP contribution < -0.4 is 10.9 Å². The number of H-pyrrole nitrogens is 1. The number of aromatic amines is 1. The molecule has 4 aromatic heterocycles. The summed E-state index contributed by atoms with van der Waals surface area (Å²) < 4.78 is 14.8. The van der Waals surface area contributed by atoms with Gasteiger partial charge in [-0.3, -0.25) is 14.6 Å². The fourth-order valence-electron chi connectivity index (χ4n) is 3.46. The van der Waals surface area contributed by atoms with Crippen LogP contribution in [-0.4, -0.2) is 34.7 Å². The first-order chi connectivity index (χ1) is 15.5. The Hall–Kier alpha value is -4.47. The number of nitrogens with one attached hydrogen (secondary N) is 2. The Morgan fingerprint density at radius 2 is 1.78 bits per heavy atom. The summed E-state index contributed by atoms with van der Waals surface area (Å²) in [5, 5.41) is 6.43. The molecule has 0 bridgehead atoms. The summed E-state index contributed by atoms with van der Waals surface area (Å²) in [6.07, 6.45) is 3.74. The Morgan fingerprint density at radius 3 is 2.56 bits per heavy atom. The van der Waals surface area contributed by atoms with Crippen LogP contribution in [0.25, 0.3) is 28.0 Å². The van der Waals surface area contributed by atoms with Crippen LogP contribution in [0.1, 0.15) is 11.5 Å². The maximum atomic E-state index is 13.2. The van der Waals surface area contributed by atoms with Crippen LogP contribution >= 0.6 is 0 Å². The highest BCUT2D eigenvalue weighted by Crippen LogP contribution is 2.23. The molecule has 2 N–H and O–H groups in total. The average molecular weight is 428 g/mol. The maximum absolute atomic E-state index is 13.2. The molecule has 32 heavy (non-hydrogen) atoms. The highest BCUT2D eigenvalue weighted by atomic mass is 19.1. The number of halogens is 1. The maximum Gasteiger partial charge on any atom is 0.273 e. The van der Waals surface area contributed by atoms with Crippen molar-refractivity contribution in [1.29, 1.82) is 0 Å². The van der Waals surface area contributed by atoms with Gasteiger partial charge in [0.1, 0.15) is 17.5 Å². The van der Waals surface area contributed by atoms with Gasteiger partial charge in [-0.25, -0.2) is 29.3 Å². The normalized spacial score (nSPS) is 11.1. The topological polar surface area (TPSA) is 114 Å². The zero-order valence-corrected chi connectivity index (χ0v) is 17.2. The molecule has 0 saturated carbocycles. The molecule has 0 aliphatic carbocycles.